The summed E-state index contributed by atoms with van der Waals surface area (Å²) >= 11 is 0. The molecule has 0 radical (unpaired) electrons. The van der Waals surface area contributed by atoms with Gasteiger partial charge in [-0.25, -0.2) is 8.37 Å². The van der Waals surface area contributed by atoms with Gasteiger partial charge in [-0.1, -0.05) is 121 Å². The van der Waals surface area contributed by atoms with Crippen molar-refractivity contribution in [3.8, 4) is 0 Å². The van der Waals surface area contributed by atoms with E-state index in [-0.39, 0.29) is 22.3 Å². The van der Waals surface area contributed by atoms with Gasteiger partial charge in [0.1, 0.15) is 11.2 Å². The quantitative estimate of drug-likeness (QED) is 0.110. The zero-order valence-corrected chi connectivity index (χ0v) is 26.0. The molecule has 14 heteroatoms. The van der Waals surface area contributed by atoms with E-state index in [9.17, 15) is 43.2 Å². The summed E-state index contributed by atoms with van der Waals surface area (Å²) in [5, 5.41) is 0. The molecule has 0 aromatic heterocycles. The van der Waals surface area contributed by atoms with Crippen LogP contribution in [0.15, 0.2) is 121 Å². The molecule has 6 rings (SSSR count). The van der Waals surface area contributed by atoms with Crippen LogP contribution in [0.3, 0.4) is 0 Å². The van der Waals surface area contributed by atoms with Gasteiger partial charge in [0.05, 0.1) is 0 Å². The number of alkyl halides is 6. The minimum Gasteiger partial charge on any atom is -0.247 e. The first-order valence-corrected chi connectivity index (χ1v) is 17.1. The van der Waals surface area contributed by atoms with E-state index in [4.69, 9.17) is 8.37 Å². The first kappa shape index (κ1) is 33.7. The predicted molar refractivity (Wildman–Crippen MR) is 165 cm³/mol. The van der Waals surface area contributed by atoms with Gasteiger partial charge >= 0.3 is 31.3 Å². The largest absolute Gasteiger partial charge is 0.523 e. The van der Waals surface area contributed by atoms with Crippen LogP contribution in [0.5, 0.6) is 0 Å². The molecule has 0 amide bonds. The summed E-state index contributed by atoms with van der Waals surface area (Å²) in [6, 6.07) is 26.4. The number of fused-ring (bicyclic) bond motifs is 2. The van der Waals surface area contributed by atoms with Crippen molar-refractivity contribution >= 4 is 32.4 Å². The first-order valence-electron chi connectivity index (χ1n) is 14.2. The van der Waals surface area contributed by atoms with Crippen molar-refractivity contribution in [2.75, 3.05) is 0 Å². The molecule has 250 valence electrons. The van der Waals surface area contributed by atoms with Crippen molar-refractivity contribution in [2.24, 2.45) is 0 Å². The number of hydrogen-bond donors (Lipinski definition) is 0. The van der Waals surface area contributed by atoms with E-state index in [1.165, 1.54) is 97.1 Å². The molecule has 6 nitrogen and oxygen atoms in total. The molecule has 4 aromatic rings. The Kier molecular flexibility index (Phi) is 8.22. The second-order valence-corrected chi connectivity index (χ2v) is 14.2. The van der Waals surface area contributed by atoms with Gasteiger partial charge in [-0.15, -0.1) is 0 Å². The van der Waals surface area contributed by atoms with Crippen molar-refractivity contribution in [2.45, 2.75) is 34.1 Å². The van der Waals surface area contributed by atoms with Gasteiger partial charge in [0.15, 0.2) is 0 Å². The SMILES string of the molecule is O=S(=O)(OC1(c2ccccc2)C=Cc2ccccc2C1C1c2ccccc2C=CC1(OS(=O)(=O)C(F)(F)F)c1ccccc1)C(F)(F)F. The Morgan fingerprint density at radius 2 is 0.792 bits per heavy atom. The highest BCUT2D eigenvalue weighted by atomic mass is 32.2. The Hall–Kier alpha value is -4.24. The van der Waals surface area contributed by atoms with E-state index in [1.54, 1.807) is 24.3 Å². The second kappa shape index (κ2) is 11.7. The lowest BCUT2D eigenvalue weighted by molar-refractivity contribution is -0.0744. The average molecular weight is 707 g/mol. The number of benzene rings is 4. The predicted octanol–water partition coefficient (Wildman–Crippen LogP) is 8.13. The molecule has 0 heterocycles. The third-order valence-corrected chi connectivity index (χ3v) is 10.6. The summed E-state index contributed by atoms with van der Waals surface area (Å²) in [6.07, 6.45) is 4.92. The molecular weight excluding hydrogens is 682 g/mol. The Morgan fingerprint density at radius 1 is 0.479 bits per heavy atom. The minimum atomic E-state index is -6.42. The number of halogens is 6. The van der Waals surface area contributed by atoms with Crippen LogP contribution in [0.25, 0.3) is 12.2 Å². The van der Waals surface area contributed by atoms with Crippen molar-refractivity contribution in [3.05, 3.63) is 155 Å². The Balaban J connectivity index is 1.78. The molecule has 0 aliphatic heterocycles. The normalized spacial score (nSPS) is 24.1. The summed E-state index contributed by atoms with van der Waals surface area (Å²) in [4.78, 5) is 0. The molecule has 4 atom stereocenters. The number of hydrogen-bond acceptors (Lipinski definition) is 6. The van der Waals surface area contributed by atoms with Crippen LogP contribution in [0, 0.1) is 0 Å². The highest BCUT2D eigenvalue weighted by Crippen LogP contribution is 2.62. The van der Waals surface area contributed by atoms with E-state index in [1.807, 2.05) is 0 Å². The molecule has 4 aromatic carbocycles. The van der Waals surface area contributed by atoms with Gasteiger partial charge in [0, 0.05) is 11.8 Å². The topological polar surface area (TPSA) is 86.7 Å². The van der Waals surface area contributed by atoms with Crippen LogP contribution >= 0.6 is 0 Å². The molecule has 0 saturated heterocycles. The van der Waals surface area contributed by atoms with Crippen molar-refractivity contribution < 1.29 is 51.5 Å². The van der Waals surface area contributed by atoms with E-state index < -0.39 is 54.3 Å². The van der Waals surface area contributed by atoms with Crippen molar-refractivity contribution in [1.29, 1.82) is 0 Å². The lowest BCUT2D eigenvalue weighted by Gasteiger charge is -2.51. The minimum absolute atomic E-state index is 0.110. The van der Waals surface area contributed by atoms with Gasteiger partial charge in [0.25, 0.3) is 0 Å². The maximum atomic E-state index is 14.2. The third kappa shape index (κ3) is 5.55. The van der Waals surface area contributed by atoms with Crippen LogP contribution in [-0.4, -0.2) is 27.9 Å². The Bertz CT molecular complexity index is 1960. The molecular formula is C34H24F6O6S2. The fourth-order valence-electron chi connectivity index (χ4n) is 6.50. The smallest absolute Gasteiger partial charge is 0.247 e. The lowest BCUT2D eigenvalue weighted by Crippen LogP contribution is -2.51. The molecule has 48 heavy (non-hydrogen) atoms. The summed E-state index contributed by atoms with van der Waals surface area (Å²) in [5.41, 5.74) is -16.2. The van der Waals surface area contributed by atoms with Gasteiger partial charge < -0.3 is 0 Å². The highest BCUT2D eigenvalue weighted by Gasteiger charge is 2.63. The van der Waals surface area contributed by atoms with E-state index >= 15 is 0 Å². The Morgan fingerprint density at radius 3 is 1.12 bits per heavy atom. The van der Waals surface area contributed by atoms with E-state index in [2.05, 4.69) is 0 Å². The van der Waals surface area contributed by atoms with Crippen LogP contribution in [0.4, 0.5) is 26.3 Å². The van der Waals surface area contributed by atoms with Gasteiger partial charge in [-0.05, 0) is 45.5 Å². The third-order valence-electron chi connectivity index (χ3n) is 8.45. The van der Waals surface area contributed by atoms with Gasteiger partial charge in [-0.2, -0.15) is 43.2 Å². The van der Waals surface area contributed by atoms with Crippen LogP contribution in [0.2, 0.25) is 0 Å². The summed E-state index contributed by atoms with van der Waals surface area (Å²) in [6.45, 7) is 0. The maximum absolute atomic E-state index is 14.2. The van der Waals surface area contributed by atoms with Crippen LogP contribution in [-0.2, 0) is 39.8 Å². The second-order valence-electron chi connectivity index (χ2n) is 11.2. The average Bonchev–Trinajstić information content (AvgIpc) is 3.04. The summed E-state index contributed by atoms with van der Waals surface area (Å²) in [5.74, 6) is -3.35. The van der Waals surface area contributed by atoms with Crippen LogP contribution < -0.4 is 0 Å². The maximum Gasteiger partial charge on any atom is 0.523 e. The van der Waals surface area contributed by atoms with Crippen LogP contribution in [0.1, 0.15) is 45.2 Å². The molecule has 2 aliphatic rings. The number of rotatable bonds is 7. The summed E-state index contributed by atoms with van der Waals surface area (Å²) < 4.78 is 148. The fraction of sp³-hybridized carbons (Fsp3) is 0.176. The standard InChI is InChI=1S/C34H24F6O6S2/c35-33(36,37)47(41,42)45-31(25-13-3-1-4-14-25)21-19-23-11-7-9-17-27(23)29(31)30-28-18-10-8-12-24(28)20-22-32(30,26-15-5-2-6-16-26)46-48(43,44)34(38,39)40/h1-22,29-30H. The summed E-state index contributed by atoms with van der Waals surface area (Å²) in [7, 11) is -12.8. The molecule has 2 aliphatic carbocycles. The zero-order chi connectivity index (χ0) is 34.6. The van der Waals surface area contributed by atoms with Crippen molar-refractivity contribution in [3.63, 3.8) is 0 Å². The molecule has 0 spiro atoms. The van der Waals surface area contributed by atoms with Gasteiger partial charge in [-0.3, -0.25) is 0 Å². The monoisotopic (exact) mass is 706 g/mol. The van der Waals surface area contributed by atoms with E-state index in [0.29, 0.717) is 11.1 Å². The molecule has 4 unspecified atom stereocenters. The Labute approximate surface area is 272 Å². The molecule has 0 N–H and O–H groups in total. The highest BCUT2D eigenvalue weighted by molar-refractivity contribution is 7.87. The zero-order valence-electron chi connectivity index (χ0n) is 24.4. The van der Waals surface area contributed by atoms with Crippen molar-refractivity contribution in [1.82, 2.24) is 0 Å². The van der Waals surface area contributed by atoms with Gasteiger partial charge in [0.2, 0.25) is 0 Å². The molecule has 0 fully saturated rings. The fourth-order valence-corrected chi connectivity index (χ4v) is 7.93. The molecule has 0 bridgehead atoms. The molecule has 0 saturated carbocycles. The first-order chi connectivity index (χ1) is 22.5. The lowest BCUT2D eigenvalue weighted by atomic mass is 9.58. The van der Waals surface area contributed by atoms with E-state index in [0.717, 1.165) is 12.2 Å².